The van der Waals surface area contributed by atoms with Crippen LogP contribution in [-0.4, -0.2) is 16.1 Å². The number of anilines is 1. The highest BCUT2D eigenvalue weighted by molar-refractivity contribution is 5.92. The van der Waals surface area contributed by atoms with Crippen molar-refractivity contribution in [2.45, 2.75) is 26.8 Å². The molecule has 0 aliphatic rings. The van der Waals surface area contributed by atoms with Crippen LogP contribution in [0.3, 0.4) is 0 Å². The van der Waals surface area contributed by atoms with Gasteiger partial charge in [0.15, 0.2) is 11.1 Å². The number of nitrogens with zero attached hydrogens (tertiary/aromatic N) is 1. The monoisotopic (exact) mass is 432 g/mol. The molecule has 0 spiro atoms. The maximum atomic E-state index is 13.8. The van der Waals surface area contributed by atoms with Crippen molar-refractivity contribution in [1.29, 1.82) is 0 Å². The van der Waals surface area contributed by atoms with Crippen molar-refractivity contribution in [2.75, 3.05) is 5.32 Å². The second kappa shape index (κ2) is 8.26. The maximum Gasteiger partial charge on any atom is 0.356 e. The highest BCUT2D eigenvalue weighted by Crippen LogP contribution is 2.32. The molecule has 0 aliphatic carbocycles. The number of aromatic nitrogens is 1. The van der Waals surface area contributed by atoms with Gasteiger partial charge in [-0.1, -0.05) is 18.2 Å². The smallest absolute Gasteiger partial charge is 0.356 e. The number of rotatable bonds is 5. The molecule has 1 atom stereocenters. The van der Waals surface area contributed by atoms with Gasteiger partial charge in [-0.05, 0) is 56.7 Å². The minimum absolute atomic E-state index is 0.103. The average Bonchev–Trinajstić information content (AvgIpc) is 2.76. The van der Waals surface area contributed by atoms with Crippen LogP contribution in [0, 0.1) is 19.7 Å². The average molecular weight is 432 g/mol. The van der Waals surface area contributed by atoms with Crippen LogP contribution in [0.2, 0.25) is 0 Å². The zero-order valence-corrected chi connectivity index (χ0v) is 17.8. The summed E-state index contributed by atoms with van der Waals surface area (Å²) < 4.78 is 20.0. The Bertz CT molecular complexity index is 1410. The zero-order chi connectivity index (χ0) is 23.0. The van der Waals surface area contributed by atoms with Crippen LogP contribution >= 0.6 is 0 Å². The number of carboxylic acid groups (broad SMARTS) is 1. The fourth-order valence-electron chi connectivity index (χ4n) is 3.80. The number of fused-ring (bicyclic) bond motifs is 1. The number of nitrogens with one attached hydrogen (secondary N) is 1. The Balaban J connectivity index is 1.90. The van der Waals surface area contributed by atoms with Gasteiger partial charge >= 0.3 is 5.97 Å². The first-order valence-electron chi connectivity index (χ1n) is 10.0. The van der Waals surface area contributed by atoms with Gasteiger partial charge in [0.05, 0.1) is 17.1 Å². The summed E-state index contributed by atoms with van der Waals surface area (Å²) >= 11 is 0. The quantitative estimate of drug-likeness (QED) is 0.434. The van der Waals surface area contributed by atoms with Gasteiger partial charge in [-0.3, -0.25) is 4.79 Å². The standard InChI is InChI=1S/C25H21FN2O4/c1-13-10-18(15(3)28-20-8-5-9-27-21(20)25(30)31)24-19(11-13)22(29)14(2)23(32-24)16-6-4-7-17(26)12-16/h4-12,15,28H,1-3H3,(H,30,31)/t15-/m1/s1. The number of hydrogen-bond donors (Lipinski definition) is 2. The molecule has 32 heavy (non-hydrogen) atoms. The highest BCUT2D eigenvalue weighted by atomic mass is 19.1. The van der Waals surface area contributed by atoms with Crippen LogP contribution in [-0.2, 0) is 0 Å². The molecule has 2 heterocycles. The number of benzene rings is 2. The van der Waals surface area contributed by atoms with E-state index in [2.05, 4.69) is 10.3 Å². The molecule has 2 aromatic heterocycles. The largest absolute Gasteiger partial charge is 0.476 e. The van der Waals surface area contributed by atoms with Crippen molar-refractivity contribution < 1.29 is 18.7 Å². The lowest BCUT2D eigenvalue weighted by molar-refractivity contribution is 0.0691. The lowest BCUT2D eigenvalue weighted by Crippen LogP contribution is -2.14. The minimum atomic E-state index is -1.15. The molecule has 162 valence electrons. The number of hydrogen-bond acceptors (Lipinski definition) is 5. The Morgan fingerprint density at radius 2 is 1.94 bits per heavy atom. The molecule has 7 heteroatoms. The molecule has 6 nitrogen and oxygen atoms in total. The Morgan fingerprint density at radius 3 is 2.66 bits per heavy atom. The topological polar surface area (TPSA) is 92.4 Å². The fourth-order valence-corrected chi connectivity index (χ4v) is 3.80. The maximum absolute atomic E-state index is 13.8. The number of aryl methyl sites for hydroxylation is 1. The molecule has 0 saturated heterocycles. The summed E-state index contributed by atoms with van der Waals surface area (Å²) in [6.45, 7) is 5.37. The Kier molecular flexibility index (Phi) is 5.48. The number of pyridine rings is 1. The van der Waals surface area contributed by atoms with Crippen molar-refractivity contribution in [2.24, 2.45) is 0 Å². The van der Waals surface area contributed by atoms with E-state index in [0.29, 0.717) is 39.1 Å². The lowest BCUT2D eigenvalue weighted by Gasteiger charge is -2.19. The van der Waals surface area contributed by atoms with Crippen molar-refractivity contribution in [3.8, 4) is 11.3 Å². The molecule has 0 aliphatic heterocycles. The SMILES string of the molecule is Cc1cc([C@@H](C)Nc2cccnc2C(=O)O)c2oc(-c3cccc(F)c3)c(C)c(=O)c2c1. The summed E-state index contributed by atoms with van der Waals surface area (Å²) in [7, 11) is 0. The second-order valence-electron chi connectivity index (χ2n) is 7.70. The molecule has 0 radical (unpaired) electrons. The molecule has 0 amide bonds. The van der Waals surface area contributed by atoms with E-state index in [1.54, 1.807) is 37.3 Å². The Hall–Kier alpha value is -4.00. The third-order valence-electron chi connectivity index (χ3n) is 5.33. The third kappa shape index (κ3) is 3.85. The van der Waals surface area contributed by atoms with E-state index in [1.165, 1.54) is 18.3 Å². The first kappa shape index (κ1) is 21.2. The van der Waals surface area contributed by atoms with Crippen molar-refractivity contribution in [3.63, 3.8) is 0 Å². The van der Waals surface area contributed by atoms with Crippen LogP contribution in [0.4, 0.5) is 10.1 Å². The van der Waals surface area contributed by atoms with Gasteiger partial charge in [0, 0.05) is 22.9 Å². The molecule has 0 fully saturated rings. The van der Waals surface area contributed by atoms with Crippen LogP contribution in [0.1, 0.15) is 40.1 Å². The van der Waals surface area contributed by atoms with Gasteiger partial charge in [-0.15, -0.1) is 0 Å². The molecule has 4 aromatic rings. The van der Waals surface area contributed by atoms with E-state index in [1.807, 2.05) is 19.9 Å². The molecule has 0 saturated carbocycles. The minimum Gasteiger partial charge on any atom is -0.476 e. The molecular weight excluding hydrogens is 411 g/mol. The van der Waals surface area contributed by atoms with Gasteiger partial charge in [0.25, 0.3) is 0 Å². The molecular formula is C25H21FN2O4. The molecule has 2 aromatic carbocycles. The number of aromatic carboxylic acids is 1. The highest BCUT2D eigenvalue weighted by Gasteiger charge is 2.20. The van der Waals surface area contributed by atoms with Crippen LogP contribution in [0.15, 0.2) is 63.9 Å². The second-order valence-corrected chi connectivity index (χ2v) is 7.70. The summed E-state index contributed by atoms with van der Waals surface area (Å²) in [4.78, 5) is 28.6. The number of carbonyl (C=O) groups is 1. The Labute approximate surface area is 183 Å². The predicted octanol–water partition coefficient (Wildman–Crippen LogP) is 5.48. The van der Waals surface area contributed by atoms with E-state index in [9.17, 15) is 19.1 Å². The van der Waals surface area contributed by atoms with E-state index in [4.69, 9.17) is 4.42 Å². The lowest BCUT2D eigenvalue weighted by atomic mass is 9.98. The van der Waals surface area contributed by atoms with Gasteiger partial charge in [-0.25, -0.2) is 14.2 Å². The normalized spacial score (nSPS) is 12.0. The van der Waals surface area contributed by atoms with Crippen LogP contribution in [0.5, 0.6) is 0 Å². The zero-order valence-electron chi connectivity index (χ0n) is 17.8. The molecule has 2 N–H and O–H groups in total. The van der Waals surface area contributed by atoms with Gasteiger partial charge in [0.1, 0.15) is 17.2 Å². The molecule has 0 bridgehead atoms. The van der Waals surface area contributed by atoms with E-state index >= 15 is 0 Å². The van der Waals surface area contributed by atoms with Crippen molar-refractivity contribution in [3.05, 3.63) is 93.2 Å². The number of carboxylic acids is 1. The Morgan fingerprint density at radius 1 is 1.16 bits per heavy atom. The number of halogens is 1. The van der Waals surface area contributed by atoms with Gasteiger partial charge in [0.2, 0.25) is 0 Å². The van der Waals surface area contributed by atoms with Crippen LogP contribution < -0.4 is 10.7 Å². The third-order valence-corrected chi connectivity index (χ3v) is 5.33. The van der Waals surface area contributed by atoms with E-state index in [0.717, 1.165) is 5.56 Å². The summed E-state index contributed by atoms with van der Waals surface area (Å²) in [5.74, 6) is -1.28. The summed E-state index contributed by atoms with van der Waals surface area (Å²) in [6.07, 6.45) is 1.41. The summed E-state index contributed by atoms with van der Waals surface area (Å²) in [5, 5.41) is 13.0. The van der Waals surface area contributed by atoms with Crippen molar-refractivity contribution in [1.82, 2.24) is 4.98 Å². The fraction of sp³-hybridized carbons (Fsp3) is 0.160. The van der Waals surface area contributed by atoms with Gasteiger partial charge < -0.3 is 14.8 Å². The predicted molar refractivity (Wildman–Crippen MR) is 121 cm³/mol. The first-order valence-corrected chi connectivity index (χ1v) is 10.0. The summed E-state index contributed by atoms with van der Waals surface area (Å²) in [6, 6.07) is 12.4. The first-order chi connectivity index (χ1) is 15.3. The van der Waals surface area contributed by atoms with E-state index < -0.39 is 17.8 Å². The van der Waals surface area contributed by atoms with Crippen molar-refractivity contribution >= 4 is 22.6 Å². The summed E-state index contributed by atoms with van der Waals surface area (Å²) in [5.41, 5.74) is 2.80. The molecule has 0 unspecified atom stereocenters. The van der Waals surface area contributed by atoms with Gasteiger partial charge in [-0.2, -0.15) is 0 Å². The van der Waals surface area contributed by atoms with E-state index in [-0.39, 0.29) is 11.1 Å². The molecule has 4 rings (SSSR count). The van der Waals surface area contributed by atoms with Crippen LogP contribution in [0.25, 0.3) is 22.3 Å².